The van der Waals surface area contributed by atoms with Crippen LogP contribution >= 0.6 is 35.7 Å². The summed E-state index contributed by atoms with van der Waals surface area (Å²) in [5, 5.41) is 7.05. The van der Waals surface area contributed by atoms with E-state index >= 15 is 0 Å². The summed E-state index contributed by atoms with van der Waals surface area (Å²) in [5.74, 6) is 1.80. The van der Waals surface area contributed by atoms with Crippen molar-refractivity contribution in [1.29, 1.82) is 0 Å². The second kappa shape index (κ2) is 11.1. The number of halogens is 1. The molecule has 0 bridgehead atoms. The molecule has 1 heterocycles. The van der Waals surface area contributed by atoms with Gasteiger partial charge in [0.25, 0.3) is 0 Å². The van der Waals surface area contributed by atoms with Gasteiger partial charge in [-0.3, -0.25) is 4.99 Å². The van der Waals surface area contributed by atoms with E-state index in [1.165, 1.54) is 12.1 Å². The summed E-state index contributed by atoms with van der Waals surface area (Å²) in [4.78, 5) is 6.81. The van der Waals surface area contributed by atoms with E-state index < -0.39 is 0 Å². The molecule has 1 aliphatic rings. The summed E-state index contributed by atoms with van der Waals surface area (Å²) in [5.41, 5.74) is 1.22. The highest BCUT2D eigenvalue weighted by Gasteiger charge is 2.22. The molecule has 5 nitrogen and oxygen atoms in total. The number of guanidine groups is 1. The predicted octanol–water partition coefficient (Wildman–Crippen LogP) is 3.59. The smallest absolute Gasteiger partial charge is 0.191 e. The van der Waals surface area contributed by atoms with Crippen LogP contribution < -0.4 is 20.3 Å². The Hall–Kier alpha value is -0.830. The summed E-state index contributed by atoms with van der Waals surface area (Å²) >= 11 is 1.86. The SMILES string of the molecule is CN=C(NCC(C)(C)SC)NC1CCCN(c2cccc(OC)c2)C1.I. The number of nitrogens with one attached hydrogen (secondary N) is 2. The van der Waals surface area contributed by atoms with Gasteiger partial charge >= 0.3 is 0 Å². The fourth-order valence-electron chi connectivity index (χ4n) is 2.89. The highest BCUT2D eigenvalue weighted by molar-refractivity contribution is 14.0. The highest BCUT2D eigenvalue weighted by Crippen LogP contribution is 2.24. The first-order chi connectivity index (χ1) is 12.0. The van der Waals surface area contributed by atoms with Crippen molar-refractivity contribution in [2.24, 2.45) is 4.99 Å². The molecule has 0 radical (unpaired) electrons. The van der Waals surface area contributed by atoms with Crippen LogP contribution in [0.2, 0.25) is 0 Å². The van der Waals surface area contributed by atoms with Crippen LogP contribution in [0.3, 0.4) is 0 Å². The zero-order chi connectivity index (χ0) is 18.3. The molecule has 7 heteroatoms. The van der Waals surface area contributed by atoms with Gasteiger partial charge in [-0.25, -0.2) is 0 Å². The van der Waals surface area contributed by atoms with Gasteiger partial charge in [0.1, 0.15) is 5.75 Å². The average molecular weight is 492 g/mol. The van der Waals surface area contributed by atoms with Crippen molar-refractivity contribution in [2.45, 2.75) is 37.5 Å². The molecule has 1 fully saturated rings. The van der Waals surface area contributed by atoms with Crippen molar-refractivity contribution in [3.8, 4) is 5.75 Å². The number of aliphatic imine (C=N–C) groups is 1. The number of hydrogen-bond donors (Lipinski definition) is 2. The van der Waals surface area contributed by atoms with Gasteiger partial charge in [0.15, 0.2) is 5.96 Å². The van der Waals surface area contributed by atoms with Crippen LogP contribution in [0.5, 0.6) is 5.75 Å². The van der Waals surface area contributed by atoms with Crippen LogP contribution in [0.15, 0.2) is 29.3 Å². The van der Waals surface area contributed by atoms with E-state index in [1.54, 1.807) is 7.11 Å². The van der Waals surface area contributed by atoms with E-state index in [0.29, 0.717) is 6.04 Å². The van der Waals surface area contributed by atoms with Crippen LogP contribution in [-0.4, -0.2) is 56.8 Å². The van der Waals surface area contributed by atoms with Crippen molar-refractivity contribution in [1.82, 2.24) is 10.6 Å². The molecular weight excluding hydrogens is 459 g/mol. The van der Waals surface area contributed by atoms with Crippen molar-refractivity contribution in [2.75, 3.05) is 44.9 Å². The first-order valence-electron chi connectivity index (χ1n) is 8.89. The van der Waals surface area contributed by atoms with Crippen LogP contribution in [0.1, 0.15) is 26.7 Å². The lowest BCUT2D eigenvalue weighted by atomic mass is 10.0. The Kier molecular flexibility index (Phi) is 9.92. The number of ether oxygens (including phenoxy) is 1. The van der Waals surface area contributed by atoms with Crippen molar-refractivity contribution in [3.63, 3.8) is 0 Å². The molecule has 1 aromatic rings. The van der Waals surface area contributed by atoms with E-state index in [9.17, 15) is 0 Å². The third-order valence-electron chi connectivity index (χ3n) is 4.64. The molecule has 1 aliphatic heterocycles. The van der Waals surface area contributed by atoms with Gasteiger partial charge in [-0.1, -0.05) is 6.07 Å². The molecule has 26 heavy (non-hydrogen) atoms. The zero-order valence-corrected chi connectivity index (χ0v) is 19.7. The van der Waals surface area contributed by atoms with Gasteiger partial charge in [-0.2, -0.15) is 11.8 Å². The number of benzene rings is 1. The fourth-order valence-corrected chi connectivity index (χ4v) is 3.11. The van der Waals surface area contributed by atoms with Gasteiger partial charge in [0.05, 0.1) is 7.11 Å². The molecule has 0 spiro atoms. The second-order valence-electron chi connectivity index (χ2n) is 7.02. The number of thioether (sulfide) groups is 1. The minimum atomic E-state index is 0. The number of anilines is 1. The van der Waals surface area contributed by atoms with E-state index in [0.717, 1.165) is 37.8 Å². The standard InChI is InChI=1S/C19H32N4OS.HI/c1-19(2,25-5)14-21-18(20-3)22-15-8-7-11-23(13-15)16-9-6-10-17(12-16)24-4;/h6,9-10,12,15H,7-8,11,13-14H2,1-5H3,(H2,20,21,22);1H. The zero-order valence-electron chi connectivity index (χ0n) is 16.5. The number of methoxy groups -OCH3 is 1. The maximum Gasteiger partial charge on any atom is 0.191 e. The number of piperidine rings is 1. The van der Waals surface area contributed by atoms with E-state index in [2.05, 4.69) is 58.8 Å². The largest absolute Gasteiger partial charge is 0.497 e. The molecule has 0 aromatic heterocycles. The molecule has 0 aliphatic carbocycles. The molecule has 148 valence electrons. The predicted molar refractivity (Wildman–Crippen MR) is 126 cm³/mol. The van der Waals surface area contributed by atoms with Crippen LogP contribution in [0.25, 0.3) is 0 Å². The quantitative estimate of drug-likeness (QED) is 0.361. The average Bonchev–Trinajstić information content (AvgIpc) is 2.65. The summed E-state index contributed by atoms with van der Waals surface area (Å²) in [6, 6.07) is 8.69. The molecular formula is C19H33IN4OS. The summed E-state index contributed by atoms with van der Waals surface area (Å²) in [6.45, 7) is 7.42. The van der Waals surface area contributed by atoms with Gasteiger partial charge in [-0.15, -0.1) is 24.0 Å². The number of nitrogens with zero attached hydrogens (tertiary/aromatic N) is 2. The van der Waals surface area contributed by atoms with Crippen molar-refractivity contribution < 1.29 is 4.74 Å². The Morgan fingerprint density at radius 2 is 2.19 bits per heavy atom. The summed E-state index contributed by atoms with van der Waals surface area (Å²) in [6.07, 6.45) is 4.47. The first-order valence-corrected chi connectivity index (χ1v) is 10.1. The number of hydrogen-bond acceptors (Lipinski definition) is 4. The lowest BCUT2D eigenvalue weighted by Gasteiger charge is -2.36. The minimum absolute atomic E-state index is 0. The first kappa shape index (κ1) is 23.2. The Labute approximate surface area is 179 Å². The summed E-state index contributed by atoms with van der Waals surface area (Å²) < 4.78 is 5.55. The topological polar surface area (TPSA) is 48.9 Å². The van der Waals surface area contributed by atoms with E-state index in [4.69, 9.17) is 4.74 Å². The van der Waals surface area contributed by atoms with Gasteiger partial charge in [-0.05, 0) is 45.1 Å². The Morgan fingerprint density at radius 3 is 2.85 bits per heavy atom. The molecule has 0 amide bonds. The van der Waals surface area contributed by atoms with Crippen LogP contribution in [0.4, 0.5) is 5.69 Å². The highest BCUT2D eigenvalue weighted by atomic mass is 127. The Morgan fingerprint density at radius 1 is 1.42 bits per heavy atom. The van der Waals surface area contributed by atoms with E-state index in [1.807, 2.05) is 24.9 Å². The fraction of sp³-hybridized carbons (Fsp3) is 0.632. The molecule has 0 saturated carbocycles. The normalized spacial score (nSPS) is 18.1. The molecule has 1 unspecified atom stereocenters. The lowest BCUT2D eigenvalue weighted by molar-refractivity contribution is 0.414. The number of rotatable bonds is 6. The summed E-state index contributed by atoms with van der Waals surface area (Å²) in [7, 11) is 3.55. The van der Waals surface area contributed by atoms with Crippen molar-refractivity contribution >= 4 is 47.4 Å². The molecule has 2 N–H and O–H groups in total. The molecule has 2 rings (SSSR count). The minimum Gasteiger partial charge on any atom is -0.497 e. The maximum absolute atomic E-state index is 5.36. The maximum atomic E-state index is 5.36. The van der Waals surface area contributed by atoms with Gasteiger partial charge in [0.2, 0.25) is 0 Å². The Balaban J connectivity index is 0.00000338. The molecule has 1 atom stereocenters. The monoisotopic (exact) mass is 492 g/mol. The third kappa shape index (κ3) is 7.06. The second-order valence-corrected chi connectivity index (χ2v) is 8.53. The van der Waals surface area contributed by atoms with Crippen LogP contribution in [0, 0.1) is 0 Å². The Bertz CT molecular complexity index is 582. The van der Waals surface area contributed by atoms with Crippen molar-refractivity contribution in [3.05, 3.63) is 24.3 Å². The lowest BCUT2D eigenvalue weighted by Crippen LogP contribution is -2.52. The third-order valence-corrected chi connectivity index (χ3v) is 5.89. The van der Waals surface area contributed by atoms with Gasteiger partial charge in [0, 0.05) is 49.2 Å². The molecule has 1 aromatic carbocycles. The van der Waals surface area contributed by atoms with E-state index in [-0.39, 0.29) is 28.7 Å². The van der Waals surface area contributed by atoms with Gasteiger partial charge < -0.3 is 20.3 Å². The molecule has 1 saturated heterocycles. The van der Waals surface area contributed by atoms with Crippen LogP contribution in [-0.2, 0) is 0 Å².